The van der Waals surface area contributed by atoms with Gasteiger partial charge in [-0.3, -0.25) is 5.43 Å². The van der Waals surface area contributed by atoms with E-state index < -0.39 is 0 Å². The largest absolute Gasteiger partial charge is 0.350 e. The summed E-state index contributed by atoms with van der Waals surface area (Å²) < 4.78 is 0. The van der Waals surface area contributed by atoms with Gasteiger partial charge in [-0.25, -0.2) is 5.84 Å². The van der Waals surface area contributed by atoms with Crippen molar-refractivity contribution in [2.45, 2.75) is 18.9 Å². The number of nitrogens with two attached hydrogens (primary N) is 1. The molecular weight excluding hydrogens is 256 g/mol. The van der Waals surface area contributed by atoms with Crippen molar-refractivity contribution in [2.75, 3.05) is 49.4 Å². The van der Waals surface area contributed by atoms with E-state index in [0.717, 1.165) is 6.54 Å². The van der Waals surface area contributed by atoms with Crippen LogP contribution in [0.25, 0.3) is 0 Å². The number of piperidine rings is 3. The molecule has 3 aliphatic rings. The van der Waals surface area contributed by atoms with Crippen molar-refractivity contribution in [3.8, 4) is 0 Å². The van der Waals surface area contributed by atoms with Gasteiger partial charge in [0.2, 0.25) is 17.8 Å². The number of anilines is 3. The summed E-state index contributed by atoms with van der Waals surface area (Å²) in [6, 6.07) is 0.417. The van der Waals surface area contributed by atoms with E-state index in [-0.39, 0.29) is 0 Å². The molecule has 8 heteroatoms. The summed E-state index contributed by atoms with van der Waals surface area (Å²) in [5.41, 5.74) is 2.49. The van der Waals surface area contributed by atoms with Gasteiger partial charge >= 0.3 is 0 Å². The predicted molar refractivity (Wildman–Crippen MR) is 78.5 cm³/mol. The van der Waals surface area contributed by atoms with Crippen molar-refractivity contribution in [1.82, 2.24) is 19.9 Å². The van der Waals surface area contributed by atoms with Gasteiger partial charge in [0.1, 0.15) is 0 Å². The fraction of sp³-hybridized carbons (Fsp3) is 0.750. The third-order valence-electron chi connectivity index (χ3n) is 4.12. The number of rotatable bonds is 4. The zero-order valence-electron chi connectivity index (χ0n) is 12.0. The fourth-order valence-electron chi connectivity index (χ4n) is 2.99. The predicted octanol–water partition coefficient (Wildman–Crippen LogP) is -0.271. The second-order valence-corrected chi connectivity index (χ2v) is 5.71. The molecule has 0 aliphatic carbocycles. The second kappa shape index (κ2) is 5.37. The molecule has 8 nitrogen and oxygen atoms in total. The number of fused-ring (bicyclic) bond motifs is 3. The Morgan fingerprint density at radius 3 is 2.40 bits per heavy atom. The normalized spacial score (nSPS) is 28.2. The Morgan fingerprint density at radius 1 is 1.15 bits per heavy atom. The molecule has 2 bridgehead atoms. The van der Waals surface area contributed by atoms with E-state index in [2.05, 4.69) is 30.6 Å². The molecule has 1 aromatic heterocycles. The highest BCUT2D eigenvalue weighted by Crippen LogP contribution is 2.29. The smallest absolute Gasteiger partial charge is 0.243 e. The number of hydrazine groups is 1. The molecule has 4 N–H and O–H groups in total. The average Bonchev–Trinajstić information content (AvgIpc) is 2.48. The number of nitrogens with one attached hydrogen (secondary N) is 2. The van der Waals surface area contributed by atoms with E-state index in [1.807, 2.05) is 19.0 Å². The summed E-state index contributed by atoms with van der Waals surface area (Å²) in [6.45, 7) is 3.51. The minimum Gasteiger partial charge on any atom is -0.350 e. The zero-order chi connectivity index (χ0) is 14.1. The minimum absolute atomic E-state index is 0.382. The average molecular weight is 278 g/mol. The fourth-order valence-corrected chi connectivity index (χ4v) is 2.99. The summed E-state index contributed by atoms with van der Waals surface area (Å²) in [5, 5.41) is 3.46. The Kier molecular flexibility index (Phi) is 3.58. The number of aromatic nitrogens is 3. The molecule has 1 aromatic rings. The van der Waals surface area contributed by atoms with Gasteiger partial charge in [-0.05, 0) is 31.8 Å². The van der Waals surface area contributed by atoms with Crippen LogP contribution in [0.15, 0.2) is 0 Å². The molecule has 20 heavy (non-hydrogen) atoms. The maximum Gasteiger partial charge on any atom is 0.243 e. The summed E-state index contributed by atoms with van der Waals surface area (Å²) in [5.74, 6) is 7.71. The van der Waals surface area contributed by atoms with Crippen molar-refractivity contribution in [3.05, 3.63) is 0 Å². The lowest BCUT2D eigenvalue weighted by Gasteiger charge is -2.44. The molecule has 0 aromatic carbocycles. The van der Waals surface area contributed by atoms with Crippen LogP contribution in [-0.4, -0.2) is 59.6 Å². The van der Waals surface area contributed by atoms with Crippen LogP contribution in [0.2, 0.25) is 0 Å². The van der Waals surface area contributed by atoms with Crippen LogP contribution in [0.4, 0.5) is 17.8 Å². The molecule has 4 rings (SSSR count). The van der Waals surface area contributed by atoms with Crippen LogP contribution in [0.5, 0.6) is 0 Å². The number of nitrogens with zero attached hydrogens (tertiary/aromatic N) is 5. The van der Waals surface area contributed by atoms with E-state index in [1.54, 1.807) is 0 Å². The van der Waals surface area contributed by atoms with Gasteiger partial charge in [0.15, 0.2) is 0 Å². The first-order valence-corrected chi connectivity index (χ1v) is 7.04. The quantitative estimate of drug-likeness (QED) is 0.512. The van der Waals surface area contributed by atoms with Gasteiger partial charge in [0, 0.05) is 26.7 Å². The van der Waals surface area contributed by atoms with Crippen molar-refractivity contribution in [3.63, 3.8) is 0 Å². The molecule has 1 unspecified atom stereocenters. The second-order valence-electron chi connectivity index (χ2n) is 5.71. The summed E-state index contributed by atoms with van der Waals surface area (Å²) in [4.78, 5) is 17.3. The van der Waals surface area contributed by atoms with Crippen molar-refractivity contribution >= 4 is 17.8 Å². The molecule has 110 valence electrons. The Hall–Kier alpha value is -1.67. The minimum atomic E-state index is 0.382. The van der Waals surface area contributed by atoms with Crippen LogP contribution in [0, 0.1) is 5.92 Å². The van der Waals surface area contributed by atoms with Crippen LogP contribution in [0.1, 0.15) is 12.8 Å². The summed E-state index contributed by atoms with van der Waals surface area (Å²) >= 11 is 0. The van der Waals surface area contributed by atoms with E-state index in [0.29, 0.717) is 29.8 Å². The van der Waals surface area contributed by atoms with Crippen LogP contribution in [-0.2, 0) is 0 Å². The summed E-state index contributed by atoms with van der Waals surface area (Å²) in [6.07, 6.45) is 2.51. The first-order chi connectivity index (χ1) is 9.65. The standard InChI is InChI=1S/C12H22N8/c1-19(2)12-16-10(15-11(17-12)18-13)14-9-7-20-5-3-8(9)4-6-20/h8-9H,3-7,13H2,1-2H3,(H2,14,15,16,17,18). The molecule has 0 amide bonds. The Morgan fingerprint density at radius 2 is 1.85 bits per heavy atom. The number of hydrogen-bond donors (Lipinski definition) is 3. The maximum atomic E-state index is 5.42. The SMILES string of the molecule is CN(C)c1nc(NN)nc(NC2CN3CCC2CC3)n1. The Balaban J connectivity index is 1.78. The molecule has 0 radical (unpaired) electrons. The first kappa shape index (κ1) is 13.3. The maximum absolute atomic E-state index is 5.42. The Labute approximate surface area is 118 Å². The van der Waals surface area contributed by atoms with Gasteiger partial charge in [-0.1, -0.05) is 0 Å². The lowest BCUT2D eigenvalue weighted by Crippen LogP contribution is -2.53. The van der Waals surface area contributed by atoms with Crippen LogP contribution in [0.3, 0.4) is 0 Å². The van der Waals surface area contributed by atoms with Gasteiger partial charge < -0.3 is 15.1 Å². The molecule has 4 heterocycles. The highest BCUT2D eigenvalue weighted by atomic mass is 15.4. The van der Waals surface area contributed by atoms with E-state index in [4.69, 9.17) is 5.84 Å². The molecular formula is C12H22N8. The van der Waals surface area contributed by atoms with Crippen molar-refractivity contribution in [1.29, 1.82) is 0 Å². The first-order valence-electron chi connectivity index (χ1n) is 7.04. The van der Waals surface area contributed by atoms with Crippen molar-refractivity contribution < 1.29 is 0 Å². The number of hydrogen-bond acceptors (Lipinski definition) is 8. The molecule has 3 aliphatic heterocycles. The third kappa shape index (κ3) is 2.61. The lowest BCUT2D eigenvalue weighted by molar-refractivity contribution is 0.0972. The molecule has 3 saturated heterocycles. The highest BCUT2D eigenvalue weighted by Gasteiger charge is 2.34. The number of nitrogen functional groups attached to an aromatic ring is 1. The van der Waals surface area contributed by atoms with E-state index in [9.17, 15) is 0 Å². The van der Waals surface area contributed by atoms with Crippen molar-refractivity contribution in [2.24, 2.45) is 11.8 Å². The van der Waals surface area contributed by atoms with Crippen LogP contribution >= 0.6 is 0 Å². The zero-order valence-corrected chi connectivity index (χ0v) is 12.0. The summed E-state index contributed by atoms with van der Waals surface area (Å²) in [7, 11) is 3.79. The van der Waals surface area contributed by atoms with E-state index >= 15 is 0 Å². The van der Waals surface area contributed by atoms with Gasteiger partial charge in [0.05, 0.1) is 0 Å². The molecule has 3 fully saturated rings. The molecule has 1 atom stereocenters. The lowest BCUT2D eigenvalue weighted by atomic mass is 9.84. The monoisotopic (exact) mass is 278 g/mol. The third-order valence-corrected chi connectivity index (χ3v) is 4.12. The molecule has 0 saturated carbocycles. The van der Waals surface area contributed by atoms with Gasteiger partial charge in [-0.15, -0.1) is 0 Å². The van der Waals surface area contributed by atoms with Gasteiger partial charge in [-0.2, -0.15) is 15.0 Å². The van der Waals surface area contributed by atoms with E-state index in [1.165, 1.54) is 25.9 Å². The van der Waals surface area contributed by atoms with Gasteiger partial charge in [0.25, 0.3) is 0 Å². The molecule has 0 spiro atoms. The highest BCUT2D eigenvalue weighted by molar-refractivity contribution is 5.43. The Bertz CT molecular complexity index is 469. The topological polar surface area (TPSA) is 95.2 Å². The van der Waals surface area contributed by atoms with Crippen LogP contribution < -0.4 is 21.5 Å².